The number of carbonyl (C=O) groups excluding carboxylic acids is 1. The number of sulfonamides is 1. The maximum Gasteiger partial charge on any atom is 0.420 e. The van der Waals surface area contributed by atoms with Crippen molar-refractivity contribution in [2.75, 3.05) is 19.7 Å². The molecule has 1 saturated heterocycles. The summed E-state index contributed by atoms with van der Waals surface area (Å²) in [6, 6.07) is 4.27. The lowest BCUT2D eigenvalue weighted by molar-refractivity contribution is -0.144. The van der Waals surface area contributed by atoms with Gasteiger partial charge in [0.1, 0.15) is 6.54 Å². The summed E-state index contributed by atoms with van der Waals surface area (Å²) in [5, 5.41) is 0. The molecular formula is C17H22N2O6S. The molecule has 2 aromatic rings. The van der Waals surface area contributed by atoms with Gasteiger partial charge in [0.2, 0.25) is 10.0 Å². The fourth-order valence-corrected chi connectivity index (χ4v) is 4.53. The molecule has 0 aliphatic carbocycles. The molecule has 0 bridgehead atoms. The molecule has 3 rings (SSSR count). The smallest absolute Gasteiger partial charge is 0.420 e. The second-order valence-electron chi connectivity index (χ2n) is 6.27. The van der Waals surface area contributed by atoms with Crippen LogP contribution in [0.15, 0.2) is 32.3 Å². The van der Waals surface area contributed by atoms with Gasteiger partial charge in [0.25, 0.3) is 0 Å². The predicted octanol–water partition coefficient (Wildman–Crippen LogP) is 1.72. The topological polar surface area (TPSA) is 98.8 Å². The summed E-state index contributed by atoms with van der Waals surface area (Å²) in [5.41, 5.74) is 0.498. The SMILES string of the molecule is CCCOC(=O)Cn1c(=O)oc2cc(S(=O)(=O)N3CCCCC3)ccc21. The molecule has 1 fully saturated rings. The van der Waals surface area contributed by atoms with Crippen LogP contribution in [0.2, 0.25) is 0 Å². The Bertz CT molecular complexity index is 953. The quantitative estimate of drug-likeness (QED) is 0.706. The summed E-state index contributed by atoms with van der Waals surface area (Å²) in [4.78, 5) is 23.9. The number of hydrogen-bond donors (Lipinski definition) is 0. The van der Waals surface area contributed by atoms with E-state index >= 15 is 0 Å². The van der Waals surface area contributed by atoms with Gasteiger partial charge in [-0.05, 0) is 31.4 Å². The van der Waals surface area contributed by atoms with Gasteiger partial charge in [-0.1, -0.05) is 13.3 Å². The normalized spacial score (nSPS) is 16.0. The van der Waals surface area contributed by atoms with E-state index in [9.17, 15) is 18.0 Å². The van der Waals surface area contributed by atoms with E-state index in [1.165, 1.54) is 22.5 Å². The highest BCUT2D eigenvalue weighted by Crippen LogP contribution is 2.24. The van der Waals surface area contributed by atoms with Crippen LogP contribution in [0.3, 0.4) is 0 Å². The zero-order valence-corrected chi connectivity index (χ0v) is 15.5. The molecule has 0 radical (unpaired) electrons. The average Bonchev–Trinajstić information content (AvgIpc) is 2.95. The van der Waals surface area contributed by atoms with Crippen LogP contribution in [0, 0.1) is 0 Å². The van der Waals surface area contributed by atoms with Crippen LogP contribution in [-0.2, 0) is 26.1 Å². The highest BCUT2D eigenvalue weighted by Gasteiger charge is 2.27. The number of nitrogens with zero attached hydrogens (tertiary/aromatic N) is 2. The summed E-state index contributed by atoms with van der Waals surface area (Å²) < 4.78 is 38.2. The van der Waals surface area contributed by atoms with E-state index in [0.717, 1.165) is 23.8 Å². The number of esters is 1. The molecule has 9 heteroatoms. The maximum atomic E-state index is 12.7. The zero-order chi connectivity index (χ0) is 18.7. The van der Waals surface area contributed by atoms with Gasteiger partial charge in [0, 0.05) is 19.2 Å². The number of rotatable bonds is 6. The van der Waals surface area contributed by atoms with E-state index in [2.05, 4.69) is 0 Å². The fraction of sp³-hybridized carbons (Fsp3) is 0.529. The average molecular weight is 382 g/mol. The Kier molecular flexibility index (Phi) is 5.47. The van der Waals surface area contributed by atoms with E-state index in [1.807, 2.05) is 6.92 Å². The molecule has 1 aliphatic rings. The summed E-state index contributed by atoms with van der Waals surface area (Å²) in [6.07, 6.45) is 3.39. The lowest BCUT2D eigenvalue weighted by atomic mass is 10.2. The molecule has 26 heavy (non-hydrogen) atoms. The van der Waals surface area contributed by atoms with Crippen LogP contribution in [0.4, 0.5) is 0 Å². The second kappa shape index (κ2) is 7.63. The predicted molar refractivity (Wildman–Crippen MR) is 94.3 cm³/mol. The first-order valence-corrected chi connectivity index (χ1v) is 10.2. The number of carbonyl (C=O) groups is 1. The van der Waals surface area contributed by atoms with Crippen molar-refractivity contribution >= 4 is 27.1 Å². The van der Waals surface area contributed by atoms with E-state index in [0.29, 0.717) is 25.0 Å². The Morgan fingerprint density at radius 3 is 2.65 bits per heavy atom. The number of aromatic nitrogens is 1. The van der Waals surface area contributed by atoms with Gasteiger partial charge >= 0.3 is 11.7 Å². The third-order valence-electron chi connectivity index (χ3n) is 4.35. The van der Waals surface area contributed by atoms with Crippen molar-refractivity contribution in [2.45, 2.75) is 44.0 Å². The lowest BCUT2D eigenvalue weighted by Crippen LogP contribution is -2.35. The van der Waals surface area contributed by atoms with Crippen molar-refractivity contribution < 1.29 is 22.4 Å². The summed E-state index contributed by atoms with van der Waals surface area (Å²) in [6.45, 7) is 2.87. The summed E-state index contributed by atoms with van der Waals surface area (Å²) in [7, 11) is -3.62. The van der Waals surface area contributed by atoms with Gasteiger partial charge in [-0.15, -0.1) is 0 Å². The van der Waals surface area contributed by atoms with Gasteiger partial charge < -0.3 is 9.15 Å². The van der Waals surface area contributed by atoms with Crippen LogP contribution in [0.5, 0.6) is 0 Å². The Morgan fingerprint density at radius 2 is 1.96 bits per heavy atom. The molecule has 0 amide bonds. The van der Waals surface area contributed by atoms with Crippen LogP contribution in [0.25, 0.3) is 11.1 Å². The Balaban J connectivity index is 1.90. The van der Waals surface area contributed by atoms with Gasteiger partial charge in [-0.2, -0.15) is 4.31 Å². The lowest BCUT2D eigenvalue weighted by Gasteiger charge is -2.25. The number of piperidine rings is 1. The van der Waals surface area contributed by atoms with Crippen LogP contribution >= 0.6 is 0 Å². The van der Waals surface area contributed by atoms with Crippen molar-refractivity contribution in [2.24, 2.45) is 0 Å². The third kappa shape index (κ3) is 3.68. The standard InChI is InChI=1S/C17H22N2O6S/c1-2-10-24-16(20)12-19-14-7-6-13(11-15(14)25-17(19)21)26(22,23)18-8-4-3-5-9-18/h6-7,11H,2-5,8-10,12H2,1H3. The molecule has 2 heterocycles. The highest BCUT2D eigenvalue weighted by molar-refractivity contribution is 7.89. The van der Waals surface area contributed by atoms with Gasteiger partial charge in [-0.3, -0.25) is 9.36 Å². The minimum absolute atomic E-state index is 0.0846. The molecule has 0 atom stereocenters. The van der Waals surface area contributed by atoms with Crippen LogP contribution in [0.1, 0.15) is 32.6 Å². The third-order valence-corrected chi connectivity index (χ3v) is 6.24. The van der Waals surface area contributed by atoms with Gasteiger partial charge in [0.05, 0.1) is 17.0 Å². The number of benzene rings is 1. The molecular weight excluding hydrogens is 360 g/mol. The van der Waals surface area contributed by atoms with E-state index < -0.39 is 21.7 Å². The number of hydrogen-bond acceptors (Lipinski definition) is 6. The fourth-order valence-electron chi connectivity index (χ4n) is 3.00. The Labute approximate surface area is 151 Å². The Hall–Kier alpha value is -2.13. The minimum Gasteiger partial charge on any atom is -0.464 e. The molecule has 1 aromatic carbocycles. The first-order valence-electron chi connectivity index (χ1n) is 8.72. The van der Waals surface area contributed by atoms with Crippen molar-refractivity contribution in [3.05, 3.63) is 28.7 Å². The van der Waals surface area contributed by atoms with E-state index in [1.54, 1.807) is 0 Å². The molecule has 8 nitrogen and oxygen atoms in total. The number of oxazole rings is 1. The molecule has 1 aromatic heterocycles. The minimum atomic E-state index is -3.62. The molecule has 0 saturated carbocycles. The molecule has 0 N–H and O–H groups in total. The summed E-state index contributed by atoms with van der Waals surface area (Å²) in [5.74, 6) is -1.26. The molecule has 0 unspecified atom stereocenters. The van der Waals surface area contributed by atoms with Crippen LogP contribution in [-0.4, -0.2) is 43.0 Å². The van der Waals surface area contributed by atoms with Gasteiger partial charge in [-0.25, -0.2) is 13.2 Å². The largest absolute Gasteiger partial charge is 0.464 e. The van der Waals surface area contributed by atoms with E-state index in [4.69, 9.17) is 9.15 Å². The monoisotopic (exact) mass is 382 g/mol. The summed E-state index contributed by atoms with van der Waals surface area (Å²) >= 11 is 0. The van der Waals surface area contributed by atoms with E-state index in [-0.39, 0.29) is 23.6 Å². The maximum absolute atomic E-state index is 12.7. The van der Waals surface area contributed by atoms with Crippen molar-refractivity contribution in [3.8, 4) is 0 Å². The first kappa shape index (κ1) is 18.7. The number of ether oxygens (including phenoxy) is 1. The molecule has 0 spiro atoms. The van der Waals surface area contributed by atoms with Crippen molar-refractivity contribution in [1.82, 2.24) is 8.87 Å². The van der Waals surface area contributed by atoms with Crippen molar-refractivity contribution in [1.29, 1.82) is 0 Å². The first-order chi connectivity index (χ1) is 12.4. The van der Waals surface area contributed by atoms with Crippen molar-refractivity contribution in [3.63, 3.8) is 0 Å². The Morgan fingerprint density at radius 1 is 1.23 bits per heavy atom. The second-order valence-corrected chi connectivity index (χ2v) is 8.21. The number of fused-ring (bicyclic) bond motifs is 1. The van der Waals surface area contributed by atoms with Crippen LogP contribution < -0.4 is 5.76 Å². The van der Waals surface area contributed by atoms with Gasteiger partial charge in [0.15, 0.2) is 5.58 Å². The molecule has 142 valence electrons. The highest BCUT2D eigenvalue weighted by atomic mass is 32.2. The zero-order valence-electron chi connectivity index (χ0n) is 14.6. The molecule has 1 aliphatic heterocycles.